The van der Waals surface area contributed by atoms with Gasteiger partial charge in [-0.2, -0.15) is 0 Å². The van der Waals surface area contributed by atoms with Gasteiger partial charge in [0.25, 0.3) is 0 Å². The summed E-state index contributed by atoms with van der Waals surface area (Å²) in [6, 6.07) is 12.1. The molecule has 25 heavy (non-hydrogen) atoms. The van der Waals surface area contributed by atoms with Crippen molar-refractivity contribution in [3.05, 3.63) is 53.4 Å². The second-order valence-corrected chi connectivity index (χ2v) is 6.77. The van der Waals surface area contributed by atoms with Crippen molar-refractivity contribution >= 4 is 5.91 Å². The van der Waals surface area contributed by atoms with Gasteiger partial charge in [-0.25, -0.2) is 0 Å². The lowest BCUT2D eigenvalue weighted by Gasteiger charge is -2.21. The molecule has 1 aromatic heterocycles. The number of carbonyl (C=O) groups is 1. The Morgan fingerprint density at radius 3 is 2.84 bits per heavy atom. The Kier molecular flexibility index (Phi) is 5.83. The van der Waals surface area contributed by atoms with E-state index in [4.69, 9.17) is 9.26 Å². The second kappa shape index (κ2) is 8.27. The average Bonchev–Trinajstić information content (AvgIpc) is 3.18. The van der Waals surface area contributed by atoms with Gasteiger partial charge >= 0.3 is 0 Å². The third-order valence-electron chi connectivity index (χ3n) is 4.39. The Morgan fingerprint density at radius 1 is 1.32 bits per heavy atom. The average molecular weight is 343 g/mol. The fourth-order valence-electron chi connectivity index (χ4n) is 3.18. The number of aryl methyl sites for hydroxylation is 1. The zero-order chi connectivity index (χ0) is 17.6. The van der Waals surface area contributed by atoms with E-state index < -0.39 is 0 Å². The topological polar surface area (TPSA) is 67.6 Å². The fourth-order valence-corrected chi connectivity index (χ4v) is 3.18. The lowest BCUT2D eigenvalue weighted by Crippen LogP contribution is -2.44. The molecule has 2 aromatic rings. The van der Waals surface area contributed by atoms with Crippen molar-refractivity contribution in [2.45, 2.75) is 25.9 Å². The van der Waals surface area contributed by atoms with Gasteiger partial charge in [0.15, 0.2) is 0 Å². The highest BCUT2D eigenvalue weighted by Gasteiger charge is 2.30. The molecule has 1 amide bonds. The number of carbonyl (C=O) groups excluding carboxylic acids is 1. The molecular weight excluding hydrogens is 318 g/mol. The van der Waals surface area contributed by atoms with E-state index in [-0.39, 0.29) is 17.9 Å². The minimum Gasteiger partial charge on any atom is -0.379 e. The molecule has 0 saturated carbocycles. The molecule has 0 bridgehead atoms. The maximum atomic E-state index is 12.4. The summed E-state index contributed by atoms with van der Waals surface area (Å²) in [6.45, 7) is 4.19. The van der Waals surface area contributed by atoms with Gasteiger partial charge in [-0.15, -0.1) is 0 Å². The van der Waals surface area contributed by atoms with E-state index >= 15 is 0 Å². The molecule has 6 heteroatoms. The van der Waals surface area contributed by atoms with Gasteiger partial charge < -0.3 is 14.6 Å². The van der Waals surface area contributed by atoms with Crippen LogP contribution in [0.3, 0.4) is 0 Å². The van der Waals surface area contributed by atoms with Gasteiger partial charge in [-0.05, 0) is 19.5 Å². The quantitative estimate of drug-likeness (QED) is 0.830. The summed E-state index contributed by atoms with van der Waals surface area (Å²) in [6.07, 6.45) is 0.728. The maximum Gasteiger partial charge on any atom is 0.234 e. The molecular formula is C19H25N3O3. The molecule has 2 atom stereocenters. The number of ether oxygens (including phenoxy) is 1. The first-order chi connectivity index (χ1) is 12.1. The Morgan fingerprint density at radius 2 is 2.12 bits per heavy atom. The van der Waals surface area contributed by atoms with Crippen LogP contribution >= 0.6 is 0 Å². The van der Waals surface area contributed by atoms with Gasteiger partial charge in [0.05, 0.1) is 31.5 Å². The molecule has 6 nitrogen and oxygen atoms in total. The maximum absolute atomic E-state index is 12.4. The van der Waals surface area contributed by atoms with Gasteiger partial charge in [-0.3, -0.25) is 9.69 Å². The van der Waals surface area contributed by atoms with Crippen LogP contribution in [0.2, 0.25) is 0 Å². The van der Waals surface area contributed by atoms with E-state index in [0.29, 0.717) is 19.8 Å². The summed E-state index contributed by atoms with van der Waals surface area (Å²) < 4.78 is 10.8. The first-order valence-corrected chi connectivity index (χ1v) is 8.62. The number of hydrogen-bond acceptors (Lipinski definition) is 5. The first kappa shape index (κ1) is 17.6. The van der Waals surface area contributed by atoms with Crippen LogP contribution in [-0.4, -0.2) is 48.8 Å². The fraction of sp³-hybridized carbons (Fsp3) is 0.474. The number of amides is 1. The van der Waals surface area contributed by atoms with Crippen molar-refractivity contribution in [2.75, 3.05) is 26.8 Å². The Balaban J connectivity index is 1.47. The monoisotopic (exact) mass is 343 g/mol. The van der Waals surface area contributed by atoms with Gasteiger partial charge in [0.1, 0.15) is 5.76 Å². The van der Waals surface area contributed by atoms with Gasteiger partial charge in [0.2, 0.25) is 5.91 Å². The summed E-state index contributed by atoms with van der Waals surface area (Å²) in [5.74, 6) is 1.08. The zero-order valence-corrected chi connectivity index (χ0v) is 14.8. The molecule has 0 spiro atoms. The van der Waals surface area contributed by atoms with Crippen LogP contribution in [0.1, 0.15) is 17.0 Å². The number of nitrogens with zero attached hydrogens (tertiary/aromatic N) is 2. The summed E-state index contributed by atoms with van der Waals surface area (Å²) in [7, 11) is 1.95. The lowest BCUT2D eigenvalue weighted by atomic mass is 9.98. The molecule has 1 fully saturated rings. The number of benzene rings is 1. The summed E-state index contributed by atoms with van der Waals surface area (Å²) >= 11 is 0. The molecule has 0 aliphatic carbocycles. The highest BCUT2D eigenvalue weighted by atomic mass is 16.5. The van der Waals surface area contributed by atoms with Crippen molar-refractivity contribution in [3.8, 4) is 0 Å². The molecule has 0 radical (unpaired) electrons. The van der Waals surface area contributed by atoms with E-state index in [1.807, 2.05) is 43.1 Å². The highest BCUT2D eigenvalue weighted by molar-refractivity contribution is 5.78. The molecule has 2 unspecified atom stereocenters. The van der Waals surface area contributed by atoms with E-state index in [1.54, 1.807) is 0 Å². The molecule has 1 aromatic carbocycles. The van der Waals surface area contributed by atoms with Crippen LogP contribution in [0.4, 0.5) is 0 Å². The van der Waals surface area contributed by atoms with E-state index in [2.05, 4.69) is 22.6 Å². The van der Waals surface area contributed by atoms with Crippen LogP contribution < -0.4 is 5.32 Å². The second-order valence-electron chi connectivity index (χ2n) is 6.77. The van der Waals surface area contributed by atoms with Crippen LogP contribution in [-0.2, 0) is 22.5 Å². The van der Waals surface area contributed by atoms with Crippen molar-refractivity contribution in [1.82, 2.24) is 15.4 Å². The molecule has 1 aliphatic heterocycles. The van der Waals surface area contributed by atoms with Crippen molar-refractivity contribution < 1.29 is 14.1 Å². The largest absolute Gasteiger partial charge is 0.379 e. The van der Waals surface area contributed by atoms with Crippen LogP contribution in [0, 0.1) is 12.8 Å². The number of nitrogens with one attached hydrogen (secondary N) is 1. The minimum absolute atomic E-state index is 0.0167. The van der Waals surface area contributed by atoms with E-state index in [9.17, 15) is 4.79 Å². The van der Waals surface area contributed by atoms with Crippen LogP contribution in [0.15, 0.2) is 40.9 Å². The molecule has 2 heterocycles. The molecule has 3 rings (SSSR count). The smallest absolute Gasteiger partial charge is 0.234 e. The van der Waals surface area contributed by atoms with Crippen molar-refractivity contribution in [3.63, 3.8) is 0 Å². The summed E-state index contributed by atoms with van der Waals surface area (Å²) in [5.41, 5.74) is 2.07. The van der Waals surface area contributed by atoms with Crippen molar-refractivity contribution in [1.29, 1.82) is 0 Å². The Hall–Kier alpha value is -2.18. The third kappa shape index (κ3) is 5.14. The predicted molar refractivity (Wildman–Crippen MR) is 94.0 cm³/mol. The Bertz CT molecular complexity index is 686. The highest BCUT2D eigenvalue weighted by Crippen LogP contribution is 2.19. The van der Waals surface area contributed by atoms with Crippen LogP contribution in [0.25, 0.3) is 0 Å². The molecule has 134 valence electrons. The van der Waals surface area contributed by atoms with Gasteiger partial charge in [0, 0.05) is 24.9 Å². The van der Waals surface area contributed by atoms with E-state index in [0.717, 1.165) is 24.4 Å². The standard InChI is InChI=1S/C19H25N3O3/c1-14-8-17(25-21-14)9-16-12-24-13-18(16)20-19(23)11-22(2)10-15-6-4-3-5-7-15/h3-8,16,18H,9-13H2,1-2H3,(H,20,23). The first-order valence-electron chi connectivity index (χ1n) is 8.62. The normalized spacial score (nSPS) is 20.1. The van der Waals surface area contributed by atoms with Crippen LogP contribution in [0.5, 0.6) is 0 Å². The molecule has 1 aliphatic rings. The number of rotatable bonds is 7. The van der Waals surface area contributed by atoms with E-state index in [1.165, 1.54) is 5.56 Å². The SMILES string of the molecule is Cc1cc(CC2COCC2NC(=O)CN(C)Cc2ccccc2)on1. The minimum atomic E-state index is 0.0167. The number of hydrogen-bond donors (Lipinski definition) is 1. The predicted octanol–water partition coefficient (Wildman–Crippen LogP) is 1.79. The van der Waals surface area contributed by atoms with Crippen molar-refractivity contribution in [2.24, 2.45) is 5.92 Å². The van der Waals surface area contributed by atoms with Gasteiger partial charge in [-0.1, -0.05) is 35.5 Å². The number of likely N-dealkylation sites (N-methyl/N-ethyl adjacent to an activating group) is 1. The number of aromatic nitrogens is 1. The lowest BCUT2D eigenvalue weighted by molar-refractivity contribution is -0.123. The molecule has 1 N–H and O–H groups in total. The third-order valence-corrected chi connectivity index (χ3v) is 4.39. The summed E-state index contributed by atoms with van der Waals surface area (Å²) in [4.78, 5) is 14.4. The Labute approximate surface area is 148 Å². The summed E-state index contributed by atoms with van der Waals surface area (Å²) in [5, 5.41) is 7.02. The zero-order valence-electron chi connectivity index (χ0n) is 14.8. The molecule has 1 saturated heterocycles.